The van der Waals surface area contributed by atoms with Crippen molar-refractivity contribution in [2.24, 2.45) is 5.73 Å². The second kappa shape index (κ2) is 2.62. The summed E-state index contributed by atoms with van der Waals surface area (Å²) >= 11 is 0. The normalized spacial score (nSPS) is 45.0. The third-order valence-electron chi connectivity index (χ3n) is 1.77. The number of hydrogen-bond donors (Lipinski definition) is 2. The fraction of sp³-hybridized carbons (Fsp3) is 1.00. The van der Waals surface area contributed by atoms with Crippen molar-refractivity contribution in [1.82, 2.24) is 5.32 Å². The van der Waals surface area contributed by atoms with E-state index in [1.54, 1.807) is 0 Å². The zero-order chi connectivity index (χ0) is 6.85. The Morgan fingerprint density at radius 1 is 1.67 bits per heavy atom. The maximum atomic E-state index is 12.7. The van der Waals surface area contributed by atoms with Gasteiger partial charge in [-0.15, -0.1) is 0 Å². The first-order valence-corrected chi connectivity index (χ1v) is 3.33. The molecule has 54 valence electrons. The van der Waals surface area contributed by atoms with Gasteiger partial charge >= 0.3 is 0 Å². The van der Waals surface area contributed by atoms with Gasteiger partial charge in [-0.1, -0.05) is 0 Å². The van der Waals surface area contributed by atoms with Gasteiger partial charge in [0, 0.05) is 18.6 Å². The van der Waals surface area contributed by atoms with Crippen molar-refractivity contribution < 1.29 is 4.39 Å². The summed E-state index contributed by atoms with van der Waals surface area (Å²) < 4.78 is 12.7. The molecule has 1 fully saturated rings. The van der Waals surface area contributed by atoms with Gasteiger partial charge in [0.1, 0.15) is 6.17 Å². The van der Waals surface area contributed by atoms with Crippen LogP contribution in [0.5, 0.6) is 0 Å². The molecule has 9 heavy (non-hydrogen) atoms. The molecule has 0 radical (unpaired) electrons. The fourth-order valence-electron chi connectivity index (χ4n) is 1.04. The minimum absolute atomic E-state index is 0.00944. The monoisotopic (exact) mass is 132 g/mol. The molecule has 1 aliphatic heterocycles. The van der Waals surface area contributed by atoms with E-state index >= 15 is 0 Å². The summed E-state index contributed by atoms with van der Waals surface area (Å²) in [7, 11) is 0. The Hall–Kier alpha value is -0.150. The van der Waals surface area contributed by atoms with Gasteiger partial charge in [-0.3, -0.25) is 0 Å². The van der Waals surface area contributed by atoms with Gasteiger partial charge < -0.3 is 11.1 Å². The summed E-state index contributed by atoms with van der Waals surface area (Å²) in [5.74, 6) is 0. The third-order valence-corrected chi connectivity index (χ3v) is 1.77. The predicted molar refractivity (Wildman–Crippen MR) is 35.0 cm³/mol. The number of alkyl halides is 1. The van der Waals surface area contributed by atoms with Crippen molar-refractivity contribution >= 4 is 0 Å². The first-order valence-electron chi connectivity index (χ1n) is 3.33. The maximum Gasteiger partial charge on any atom is 0.117 e. The van der Waals surface area contributed by atoms with Gasteiger partial charge in [-0.05, 0) is 13.3 Å². The smallest absolute Gasteiger partial charge is 0.117 e. The van der Waals surface area contributed by atoms with Crippen LogP contribution in [-0.2, 0) is 0 Å². The minimum Gasteiger partial charge on any atom is -0.326 e. The first-order chi connectivity index (χ1) is 4.20. The summed E-state index contributed by atoms with van der Waals surface area (Å²) in [5.41, 5.74) is 5.48. The lowest BCUT2D eigenvalue weighted by Gasteiger charge is -2.28. The zero-order valence-corrected chi connectivity index (χ0v) is 5.60. The zero-order valence-electron chi connectivity index (χ0n) is 5.60. The predicted octanol–water partition coefficient (Wildman–Crippen LogP) is 0.0336. The van der Waals surface area contributed by atoms with Gasteiger partial charge in [-0.25, -0.2) is 4.39 Å². The van der Waals surface area contributed by atoms with Crippen LogP contribution in [0.25, 0.3) is 0 Å². The van der Waals surface area contributed by atoms with Gasteiger partial charge in [0.15, 0.2) is 0 Å². The number of nitrogens with two attached hydrogens (primary N) is 1. The molecule has 2 nitrogen and oxygen atoms in total. The maximum absolute atomic E-state index is 12.7. The Morgan fingerprint density at radius 2 is 2.33 bits per heavy atom. The second-order valence-electron chi connectivity index (χ2n) is 2.71. The molecule has 3 atom stereocenters. The topological polar surface area (TPSA) is 38.0 Å². The van der Waals surface area contributed by atoms with Crippen LogP contribution in [0, 0.1) is 0 Å². The Bertz CT molecular complexity index is 97.1. The van der Waals surface area contributed by atoms with Crippen LogP contribution in [0.15, 0.2) is 0 Å². The molecule has 1 saturated heterocycles. The molecular weight excluding hydrogens is 119 g/mol. The highest BCUT2D eigenvalue weighted by molar-refractivity contribution is 4.84. The molecule has 0 bridgehead atoms. The average Bonchev–Trinajstić information content (AvgIpc) is 1.80. The van der Waals surface area contributed by atoms with E-state index in [1.807, 2.05) is 6.92 Å². The van der Waals surface area contributed by atoms with E-state index in [9.17, 15) is 4.39 Å². The molecule has 0 aromatic heterocycles. The van der Waals surface area contributed by atoms with E-state index in [1.165, 1.54) is 0 Å². The van der Waals surface area contributed by atoms with Crippen molar-refractivity contribution in [1.29, 1.82) is 0 Å². The third kappa shape index (κ3) is 1.63. The lowest BCUT2D eigenvalue weighted by Crippen LogP contribution is -2.50. The van der Waals surface area contributed by atoms with E-state index in [4.69, 9.17) is 5.73 Å². The van der Waals surface area contributed by atoms with E-state index in [-0.39, 0.29) is 12.1 Å². The molecule has 3 N–H and O–H groups in total. The molecule has 3 unspecified atom stereocenters. The molecule has 0 saturated carbocycles. The lowest BCUT2D eigenvalue weighted by atomic mass is 10.0. The van der Waals surface area contributed by atoms with Crippen molar-refractivity contribution in [2.45, 2.75) is 31.6 Å². The molecule has 0 aliphatic carbocycles. The average molecular weight is 132 g/mol. The van der Waals surface area contributed by atoms with E-state index in [0.29, 0.717) is 6.42 Å². The Kier molecular flexibility index (Phi) is 2.03. The van der Waals surface area contributed by atoms with Gasteiger partial charge in [0.05, 0.1) is 0 Å². The molecule has 0 amide bonds. The van der Waals surface area contributed by atoms with Gasteiger partial charge in [0.25, 0.3) is 0 Å². The summed E-state index contributed by atoms with van der Waals surface area (Å²) in [4.78, 5) is 0. The molecule has 0 aromatic rings. The first kappa shape index (κ1) is 6.96. The van der Waals surface area contributed by atoms with Crippen molar-refractivity contribution in [3.8, 4) is 0 Å². The fourth-order valence-corrected chi connectivity index (χ4v) is 1.04. The van der Waals surface area contributed by atoms with Crippen LogP contribution in [0.3, 0.4) is 0 Å². The molecule has 0 spiro atoms. The van der Waals surface area contributed by atoms with Crippen molar-refractivity contribution in [2.75, 3.05) is 6.54 Å². The van der Waals surface area contributed by atoms with Crippen molar-refractivity contribution in [3.05, 3.63) is 0 Å². The Morgan fingerprint density at radius 3 is 2.78 bits per heavy atom. The molecule has 0 aromatic carbocycles. The van der Waals surface area contributed by atoms with Crippen LogP contribution in [0.2, 0.25) is 0 Å². The molecule has 1 aliphatic rings. The molecule has 1 heterocycles. The number of nitrogens with one attached hydrogen (secondary N) is 1. The highest BCUT2D eigenvalue weighted by atomic mass is 19.1. The van der Waals surface area contributed by atoms with Crippen LogP contribution >= 0.6 is 0 Å². The van der Waals surface area contributed by atoms with Crippen LogP contribution in [-0.4, -0.2) is 24.8 Å². The SMILES string of the molecule is CC1NCC(N)CC1F. The number of halogens is 1. The molecule has 1 rings (SSSR count). The van der Waals surface area contributed by atoms with E-state index < -0.39 is 6.17 Å². The Balaban J connectivity index is 2.35. The highest BCUT2D eigenvalue weighted by Gasteiger charge is 2.24. The Labute approximate surface area is 54.6 Å². The second-order valence-corrected chi connectivity index (χ2v) is 2.71. The largest absolute Gasteiger partial charge is 0.326 e. The number of rotatable bonds is 0. The summed E-state index contributed by atoms with van der Waals surface area (Å²) in [6.45, 7) is 2.60. The summed E-state index contributed by atoms with van der Waals surface area (Å²) in [5, 5.41) is 2.98. The highest BCUT2D eigenvalue weighted by Crippen LogP contribution is 2.10. The van der Waals surface area contributed by atoms with Crippen LogP contribution < -0.4 is 11.1 Å². The van der Waals surface area contributed by atoms with E-state index in [2.05, 4.69) is 5.32 Å². The quantitative estimate of drug-likeness (QED) is 0.488. The number of piperidine rings is 1. The summed E-state index contributed by atoms with van der Waals surface area (Å²) in [6, 6.07) is 0.000926. The van der Waals surface area contributed by atoms with Crippen LogP contribution in [0.1, 0.15) is 13.3 Å². The van der Waals surface area contributed by atoms with Crippen LogP contribution in [0.4, 0.5) is 4.39 Å². The van der Waals surface area contributed by atoms with E-state index in [0.717, 1.165) is 6.54 Å². The van der Waals surface area contributed by atoms with Crippen molar-refractivity contribution in [3.63, 3.8) is 0 Å². The molecule has 3 heteroatoms. The standard InChI is InChI=1S/C6H13FN2/c1-4-6(7)2-5(8)3-9-4/h4-6,9H,2-3,8H2,1H3. The van der Waals surface area contributed by atoms with Gasteiger partial charge in [0.2, 0.25) is 0 Å². The lowest BCUT2D eigenvalue weighted by molar-refractivity contribution is 0.196. The van der Waals surface area contributed by atoms with Gasteiger partial charge in [-0.2, -0.15) is 0 Å². The molecular formula is C6H13FN2. The number of hydrogen-bond acceptors (Lipinski definition) is 2. The summed E-state index contributed by atoms with van der Waals surface area (Å²) in [6.07, 6.45) is -0.248. The minimum atomic E-state index is -0.756.